The van der Waals surface area contributed by atoms with E-state index in [-0.39, 0.29) is 24.7 Å². The SMILES string of the molecule is CC(=O)CCCCN1C(=O)[C@H](CCOc2ccccc2CC(=O)O)Oc2ccccc21. The van der Waals surface area contributed by atoms with Crippen LogP contribution in [0.5, 0.6) is 11.5 Å². The fraction of sp³-hybridized carbons (Fsp3) is 0.375. The predicted octanol–water partition coefficient (Wildman–Crippen LogP) is 3.64. The van der Waals surface area contributed by atoms with Gasteiger partial charge in [0.2, 0.25) is 0 Å². The molecule has 0 saturated carbocycles. The summed E-state index contributed by atoms with van der Waals surface area (Å²) in [6.45, 7) is 2.30. The van der Waals surface area contributed by atoms with Gasteiger partial charge in [0.1, 0.15) is 17.3 Å². The number of nitrogens with zero attached hydrogens (tertiary/aromatic N) is 1. The number of hydrogen-bond acceptors (Lipinski definition) is 5. The van der Waals surface area contributed by atoms with E-state index in [0.29, 0.717) is 36.4 Å². The molecule has 7 heteroatoms. The van der Waals surface area contributed by atoms with Crippen molar-refractivity contribution in [2.75, 3.05) is 18.1 Å². The number of rotatable bonds is 11. The number of fused-ring (bicyclic) bond motifs is 1. The zero-order chi connectivity index (χ0) is 22.2. The molecule has 1 atom stereocenters. The summed E-state index contributed by atoms with van der Waals surface area (Å²) in [4.78, 5) is 37.0. The quantitative estimate of drug-likeness (QED) is 0.553. The molecule has 1 N–H and O–H groups in total. The number of aliphatic carboxylic acids is 1. The van der Waals surface area contributed by atoms with Gasteiger partial charge in [-0.2, -0.15) is 0 Å². The van der Waals surface area contributed by atoms with Gasteiger partial charge in [-0.15, -0.1) is 0 Å². The Bertz CT molecular complexity index is 941. The first kappa shape index (κ1) is 22.3. The van der Waals surface area contributed by atoms with Gasteiger partial charge < -0.3 is 24.3 Å². The molecule has 3 rings (SSSR count). The lowest BCUT2D eigenvalue weighted by Crippen LogP contribution is -2.47. The number of ether oxygens (including phenoxy) is 2. The molecule has 0 bridgehead atoms. The van der Waals surface area contributed by atoms with E-state index in [4.69, 9.17) is 14.6 Å². The maximum Gasteiger partial charge on any atom is 0.307 e. The van der Waals surface area contributed by atoms with Crippen LogP contribution in [0, 0.1) is 0 Å². The molecule has 0 fully saturated rings. The van der Waals surface area contributed by atoms with E-state index in [1.807, 2.05) is 24.3 Å². The summed E-state index contributed by atoms with van der Waals surface area (Å²) < 4.78 is 11.7. The number of Topliss-reactive ketones (excluding diaryl/α,β-unsaturated/α-hetero) is 1. The van der Waals surface area contributed by atoms with Crippen molar-refractivity contribution in [3.8, 4) is 11.5 Å². The fourth-order valence-electron chi connectivity index (χ4n) is 3.56. The monoisotopic (exact) mass is 425 g/mol. The van der Waals surface area contributed by atoms with Crippen molar-refractivity contribution < 1.29 is 29.0 Å². The van der Waals surface area contributed by atoms with Crippen LogP contribution < -0.4 is 14.4 Å². The van der Waals surface area contributed by atoms with E-state index >= 15 is 0 Å². The second kappa shape index (κ2) is 10.6. The topological polar surface area (TPSA) is 93.1 Å². The molecule has 0 saturated heterocycles. The van der Waals surface area contributed by atoms with Crippen LogP contribution in [0.25, 0.3) is 0 Å². The van der Waals surface area contributed by atoms with Crippen molar-refractivity contribution >= 4 is 23.3 Å². The van der Waals surface area contributed by atoms with Crippen molar-refractivity contribution in [2.24, 2.45) is 0 Å². The Labute approximate surface area is 181 Å². The largest absolute Gasteiger partial charge is 0.493 e. The summed E-state index contributed by atoms with van der Waals surface area (Å²) in [5, 5.41) is 9.05. The minimum atomic E-state index is -0.932. The van der Waals surface area contributed by atoms with Gasteiger partial charge >= 0.3 is 5.97 Å². The average molecular weight is 425 g/mol. The molecular formula is C24H27NO6. The van der Waals surface area contributed by atoms with Crippen molar-refractivity contribution in [2.45, 2.75) is 45.1 Å². The molecule has 1 heterocycles. The van der Waals surface area contributed by atoms with Crippen molar-refractivity contribution in [3.63, 3.8) is 0 Å². The zero-order valence-corrected chi connectivity index (χ0v) is 17.6. The first-order valence-corrected chi connectivity index (χ1v) is 10.4. The number of carbonyl (C=O) groups excluding carboxylic acids is 2. The minimum Gasteiger partial charge on any atom is -0.493 e. The van der Waals surface area contributed by atoms with E-state index in [0.717, 1.165) is 18.5 Å². The summed E-state index contributed by atoms with van der Waals surface area (Å²) >= 11 is 0. The molecule has 1 aliphatic heterocycles. The highest BCUT2D eigenvalue weighted by atomic mass is 16.5. The number of carboxylic acids is 1. The third kappa shape index (κ3) is 6.07. The van der Waals surface area contributed by atoms with Gasteiger partial charge in [0.15, 0.2) is 6.10 Å². The number of ketones is 1. The van der Waals surface area contributed by atoms with Crippen LogP contribution in [0.4, 0.5) is 5.69 Å². The molecule has 0 unspecified atom stereocenters. The smallest absolute Gasteiger partial charge is 0.307 e. The van der Waals surface area contributed by atoms with Gasteiger partial charge in [0.25, 0.3) is 5.91 Å². The zero-order valence-electron chi connectivity index (χ0n) is 17.6. The average Bonchev–Trinajstić information content (AvgIpc) is 2.73. The lowest BCUT2D eigenvalue weighted by molar-refractivity contribution is -0.136. The molecule has 2 aromatic rings. The van der Waals surface area contributed by atoms with Gasteiger partial charge in [0.05, 0.1) is 18.7 Å². The molecular weight excluding hydrogens is 398 g/mol. The Balaban J connectivity index is 1.63. The van der Waals surface area contributed by atoms with E-state index in [9.17, 15) is 14.4 Å². The first-order valence-electron chi connectivity index (χ1n) is 10.4. The van der Waals surface area contributed by atoms with E-state index < -0.39 is 12.1 Å². The molecule has 0 aromatic heterocycles. The lowest BCUT2D eigenvalue weighted by Gasteiger charge is -2.34. The van der Waals surface area contributed by atoms with Crippen LogP contribution in [0.15, 0.2) is 48.5 Å². The van der Waals surface area contributed by atoms with Crippen LogP contribution in [0.3, 0.4) is 0 Å². The predicted molar refractivity (Wildman–Crippen MR) is 116 cm³/mol. The van der Waals surface area contributed by atoms with E-state index in [1.165, 1.54) is 0 Å². The second-order valence-electron chi connectivity index (χ2n) is 7.54. The summed E-state index contributed by atoms with van der Waals surface area (Å²) in [7, 11) is 0. The number of carboxylic acid groups (broad SMARTS) is 1. The number of para-hydroxylation sites is 3. The molecule has 164 valence electrons. The Kier molecular flexibility index (Phi) is 7.65. The highest BCUT2D eigenvalue weighted by Crippen LogP contribution is 2.34. The van der Waals surface area contributed by atoms with E-state index in [2.05, 4.69) is 0 Å². The summed E-state index contributed by atoms with van der Waals surface area (Å²) in [5.41, 5.74) is 1.32. The Morgan fingerprint density at radius 2 is 1.84 bits per heavy atom. The minimum absolute atomic E-state index is 0.129. The third-order valence-corrected chi connectivity index (χ3v) is 5.08. The molecule has 31 heavy (non-hydrogen) atoms. The molecule has 2 aromatic carbocycles. The van der Waals surface area contributed by atoms with Crippen LogP contribution >= 0.6 is 0 Å². The van der Waals surface area contributed by atoms with Gasteiger partial charge in [0, 0.05) is 24.9 Å². The summed E-state index contributed by atoms with van der Waals surface area (Å²) in [6, 6.07) is 14.4. The van der Waals surface area contributed by atoms with Crippen molar-refractivity contribution in [1.82, 2.24) is 0 Å². The number of unbranched alkanes of at least 4 members (excludes halogenated alkanes) is 1. The fourth-order valence-corrected chi connectivity index (χ4v) is 3.56. The van der Waals surface area contributed by atoms with Crippen molar-refractivity contribution in [3.05, 3.63) is 54.1 Å². The molecule has 0 aliphatic carbocycles. The highest BCUT2D eigenvalue weighted by molar-refractivity contribution is 6.00. The Morgan fingerprint density at radius 3 is 2.61 bits per heavy atom. The van der Waals surface area contributed by atoms with Crippen LogP contribution in [-0.4, -0.2) is 42.0 Å². The second-order valence-corrected chi connectivity index (χ2v) is 7.54. The number of benzene rings is 2. The van der Waals surface area contributed by atoms with E-state index in [1.54, 1.807) is 36.1 Å². The van der Waals surface area contributed by atoms with Crippen LogP contribution in [-0.2, 0) is 20.8 Å². The van der Waals surface area contributed by atoms with Gasteiger partial charge in [-0.1, -0.05) is 30.3 Å². The molecule has 1 amide bonds. The van der Waals surface area contributed by atoms with Crippen molar-refractivity contribution in [1.29, 1.82) is 0 Å². The number of amides is 1. The number of hydrogen-bond donors (Lipinski definition) is 1. The normalized spacial score (nSPS) is 15.2. The third-order valence-electron chi connectivity index (χ3n) is 5.08. The summed E-state index contributed by atoms with van der Waals surface area (Å²) in [5.74, 6) is 0.217. The highest BCUT2D eigenvalue weighted by Gasteiger charge is 2.33. The molecule has 0 spiro atoms. The Morgan fingerprint density at radius 1 is 1.10 bits per heavy atom. The lowest BCUT2D eigenvalue weighted by atomic mass is 10.1. The molecule has 7 nitrogen and oxygen atoms in total. The Hall–Kier alpha value is -3.35. The number of anilines is 1. The summed E-state index contributed by atoms with van der Waals surface area (Å²) in [6.07, 6.45) is 1.48. The van der Waals surface area contributed by atoms with Gasteiger partial charge in [-0.05, 0) is 38.0 Å². The standard InChI is InChI=1S/C24H27NO6/c1-17(26)8-6-7-14-25-19-10-3-5-12-21(19)31-22(24(25)29)13-15-30-20-11-4-2-9-18(20)16-23(27)28/h2-5,9-12,22H,6-8,13-16H2,1H3,(H,27,28)/t22-/m0/s1. The van der Waals surface area contributed by atoms with Crippen LogP contribution in [0.1, 0.15) is 38.2 Å². The van der Waals surface area contributed by atoms with Gasteiger partial charge in [-0.25, -0.2) is 0 Å². The maximum absolute atomic E-state index is 13.1. The number of carbonyl (C=O) groups is 3. The molecule has 1 aliphatic rings. The van der Waals surface area contributed by atoms with Gasteiger partial charge in [-0.3, -0.25) is 9.59 Å². The van der Waals surface area contributed by atoms with Crippen LogP contribution in [0.2, 0.25) is 0 Å². The first-order chi connectivity index (χ1) is 15.0. The molecule has 0 radical (unpaired) electrons. The maximum atomic E-state index is 13.1.